The third kappa shape index (κ3) is 3.82. The fourth-order valence-corrected chi connectivity index (χ4v) is 1.13. The number of benzene rings is 1. The van der Waals surface area contributed by atoms with Crippen LogP contribution in [0.3, 0.4) is 0 Å². The highest BCUT2D eigenvalue weighted by atomic mass is 16.6. The van der Waals surface area contributed by atoms with E-state index in [1.54, 1.807) is 45.0 Å². The molecule has 0 aromatic heterocycles. The van der Waals surface area contributed by atoms with Crippen molar-refractivity contribution in [3.05, 3.63) is 29.8 Å². The maximum absolute atomic E-state index is 11.7. The number of amides is 1. The first-order chi connectivity index (χ1) is 7.83. The van der Waals surface area contributed by atoms with E-state index in [1.807, 2.05) is 0 Å². The van der Waals surface area contributed by atoms with E-state index in [-0.39, 0.29) is 0 Å². The Morgan fingerprint density at radius 1 is 1.35 bits per heavy atom. The number of hydrogen-bond donors (Lipinski definition) is 1. The van der Waals surface area contributed by atoms with Crippen LogP contribution in [0.4, 0.5) is 10.5 Å². The zero-order valence-electron chi connectivity index (χ0n) is 10.2. The number of carbonyl (C=O) groups is 1. The molecule has 1 aromatic carbocycles. The summed E-state index contributed by atoms with van der Waals surface area (Å²) in [5, 5.41) is 0.950. The van der Waals surface area contributed by atoms with Gasteiger partial charge in [-0.05, 0) is 45.0 Å². The monoisotopic (exact) mass is 232 g/mol. The maximum Gasteiger partial charge on any atom is 0.429 e. The van der Waals surface area contributed by atoms with Crippen molar-refractivity contribution >= 4 is 11.8 Å². The molecule has 0 spiro atoms. The highest BCUT2D eigenvalue weighted by Crippen LogP contribution is 2.15. The predicted molar refractivity (Wildman–Crippen MR) is 67.3 cm³/mol. The summed E-state index contributed by atoms with van der Waals surface area (Å²) in [6.45, 7) is 5.33. The summed E-state index contributed by atoms with van der Waals surface area (Å²) in [4.78, 5) is 11.7. The molecule has 4 heteroatoms. The normalized spacial score (nSPS) is 10.5. The van der Waals surface area contributed by atoms with Crippen LogP contribution in [-0.4, -0.2) is 11.7 Å². The lowest BCUT2D eigenvalue weighted by molar-refractivity contribution is 0.0580. The van der Waals surface area contributed by atoms with Gasteiger partial charge in [0.2, 0.25) is 0 Å². The Labute approximate surface area is 101 Å². The Balaban J connectivity index is 2.79. The number of anilines is 1. The Morgan fingerprint density at radius 2 is 1.88 bits per heavy atom. The van der Waals surface area contributed by atoms with Crippen LogP contribution in [-0.2, 0) is 4.74 Å². The van der Waals surface area contributed by atoms with Crippen molar-refractivity contribution < 1.29 is 9.53 Å². The summed E-state index contributed by atoms with van der Waals surface area (Å²) in [5.41, 5.74) is 0.678. The number of ether oxygens (including phenoxy) is 1. The molecule has 0 aliphatic carbocycles. The van der Waals surface area contributed by atoms with Crippen LogP contribution in [0.1, 0.15) is 26.3 Å². The predicted octanol–water partition coefficient (Wildman–Crippen LogP) is 2.28. The molecule has 0 radical (unpaired) electrons. The van der Waals surface area contributed by atoms with Crippen molar-refractivity contribution in [1.82, 2.24) is 0 Å². The van der Waals surface area contributed by atoms with Crippen LogP contribution in [0.5, 0.6) is 0 Å². The van der Waals surface area contributed by atoms with Crippen LogP contribution in [0, 0.1) is 12.3 Å². The van der Waals surface area contributed by atoms with Crippen LogP contribution in [0.2, 0.25) is 0 Å². The van der Waals surface area contributed by atoms with E-state index in [9.17, 15) is 4.79 Å². The van der Waals surface area contributed by atoms with E-state index in [0.29, 0.717) is 5.69 Å². The van der Waals surface area contributed by atoms with Gasteiger partial charge in [-0.2, -0.15) is 0 Å². The maximum atomic E-state index is 11.7. The number of hydrazine groups is 1. The SMILES string of the molecule is C#Cc1ccc(N(N)C(=O)OC(C)(C)C)cc1. The van der Waals surface area contributed by atoms with Crippen LogP contribution in [0.15, 0.2) is 24.3 Å². The minimum Gasteiger partial charge on any atom is -0.442 e. The fraction of sp³-hybridized carbons (Fsp3) is 0.308. The molecule has 0 aliphatic rings. The van der Waals surface area contributed by atoms with Crippen LogP contribution >= 0.6 is 0 Å². The van der Waals surface area contributed by atoms with E-state index in [2.05, 4.69) is 5.92 Å². The standard InChI is InChI=1S/C13H16N2O2/c1-5-10-6-8-11(9-7-10)15(14)12(16)17-13(2,3)4/h1,6-9H,14H2,2-4H3. The molecule has 0 bridgehead atoms. The first-order valence-corrected chi connectivity index (χ1v) is 5.18. The van der Waals surface area contributed by atoms with E-state index in [4.69, 9.17) is 17.0 Å². The largest absolute Gasteiger partial charge is 0.442 e. The second kappa shape index (κ2) is 4.89. The van der Waals surface area contributed by atoms with Crippen molar-refractivity contribution in [3.63, 3.8) is 0 Å². The molecule has 1 rings (SSSR count). The molecule has 0 aliphatic heterocycles. The Kier molecular flexibility index (Phi) is 3.77. The second-order valence-electron chi connectivity index (χ2n) is 4.54. The van der Waals surface area contributed by atoms with Gasteiger partial charge in [0.25, 0.3) is 0 Å². The quantitative estimate of drug-likeness (QED) is 0.350. The molecule has 0 atom stereocenters. The molecule has 90 valence electrons. The number of hydrogen-bond acceptors (Lipinski definition) is 3. The summed E-state index contributed by atoms with van der Waals surface area (Å²) in [5.74, 6) is 8.13. The lowest BCUT2D eigenvalue weighted by Crippen LogP contribution is -2.41. The van der Waals surface area contributed by atoms with Gasteiger partial charge in [-0.15, -0.1) is 6.42 Å². The van der Waals surface area contributed by atoms with Gasteiger partial charge in [-0.25, -0.2) is 15.6 Å². The number of terminal acetylenes is 1. The molecule has 0 unspecified atom stereocenters. The molecule has 4 nitrogen and oxygen atoms in total. The van der Waals surface area contributed by atoms with Crippen LogP contribution in [0.25, 0.3) is 0 Å². The van der Waals surface area contributed by atoms with Gasteiger partial charge >= 0.3 is 6.09 Å². The summed E-state index contributed by atoms with van der Waals surface area (Å²) in [6, 6.07) is 6.75. The van der Waals surface area contributed by atoms with Crippen LogP contribution < -0.4 is 10.9 Å². The molecule has 1 amide bonds. The summed E-state index contributed by atoms with van der Waals surface area (Å²) >= 11 is 0. The molecule has 1 aromatic rings. The van der Waals surface area contributed by atoms with E-state index < -0.39 is 11.7 Å². The average molecular weight is 232 g/mol. The highest BCUT2D eigenvalue weighted by molar-refractivity contribution is 5.86. The average Bonchev–Trinajstić information content (AvgIpc) is 2.26. The molecule has 0 heterocycles. The highest BCUT2D eigenvalue weighted by Gasteiger charge is 2.20. The second-order valence-corrected chi connectivity index (χ2v) is 4.54. The minimum atomic E-state index is -0.606. The molecule has 0 saturated carbocycles. The first kappa shape index (κ1) is 13.1. The van der Waals surface area contributed by atoms with Crippen molar-refractivity contribution in [2.45, 2.75) is 26.4 Å². The molecule has 0 fully saturated rings. The number of carbonyl (C=O) groups excluding carboxylic acids is 1. The molecule has 2 N–H and O–H groups in total. The molecule has 0 saturated heterocycles. The summed E-state index contributed by atoms with van der Waals surface area (Å²) in [6.07, 6.45) is 4.63. The van der Waals surface area contributed by atoms with Gasteiger partial charge < -0.3 is 4.74 Å². The van der Waals surface area contributed by atoms with E-state index in [0.717, 1.165) is 10.6 Å². The van der Waals surface area contributed by atoms with Crippen molar-refractivity contribution in [3.8, 4) is 12.3 Å². The van der Waals surface area contributed by atoms with E-state index >= 15 is 0 Å². The van der Waals surface area contributed by atoms with E-state index in [1.165, 1.54) is 0 Å². The smallest absolute Gasteiger partial charge is 0.429 e. The van der Waals surface area contributed by atoms with Gasteiger partial charge in [-0.1, -0.05) is 5.92 Å². The third-order valence-corrected chi connectivity index (χ3v) is 1.90. The van der Waals surface area contributed by atoms with Gasteiger partial charge in [0.1, 0.15) is 5.60 Å². The van der Waals surface area contributed by atoms with Gasteiger partial charge in [0.05, 0.1) is 5.69 Å². The van der Waals surface area contributed by atoms with Crippen molar-refractivity contribution in [1.29, 1.82) is 0 Å². The molecule has 17 heavy (non-hydrogen) atoms. The lowest BCUT2D eigenvalue weighted by atomic mass is 10.2. The van der Waals surface area contributed by atoms with Crippen molar-refractivity contribution in [2.24, 2.45) is 5.84 Å². The van der Waals surface area contributed by atoms with Gasteiger partial charge in [-0.3, -0.25) is 0 Å². The van der Waals surface area contributed by atoms with Gasteiger partial charge in [0.15, 0.2) is 0 Å². The minimum absolute atomic E-state index is 0.526. The van der Waals surface area contributed by atoms with Crippen molar-refractivity contribution in [2.75, 3.05) is 5.01 Å². The lowest BCUT2D eigenvalue weighted by Gasteiger charge is -2.24. The van der Waals surface area contributed by atoms with Gasteiger partial charge in [0, 0.05) is 5.56 Å². The third-order valence-electron chi connectivity index (χ3n) is 1.90. The molecular weight excluding hydrogens is 216 g/mol. The number of nitrogens with two attached hydrogens (primary N) is 1. The zero-order chi connectivity index (χ0) is 13.1. The summed E-state index contributed by atoms with van der Waals surface area (Å²) in [7, 11) is 0. The fourth-order valence-electron chi connectivity index (χ4n) is 1.13. The Hall–Kier alpha value is -1.99. The first-order valence-electron chi connectivity index (χ1n) is 5.18. The topological polar surface area (TPSA) is 55.6 Å². The zero-order valence-corrected chi connectivity index (χ0v) is 10.2. The molecular formula is C13H16N2O2. The number of rotatable bonds is 1. The number of nitrogens with zero attached hydrogens (tertiary/aromatic N) is 1. The Morgan fingerprint density at radius 3 is 2.29 bits per heavy atom. The Bertz CT molecular complexity index is 438. The summed E-state index contributed by atoms with van der Waals surface area (Å²) < 4.78 is 5.13.